The molecule has 7 aliphatic rings. The summed E-state index contributed by atoms with van der Waals surface area (Å²) in [5.41, 5.74) is 3.65. The molecule has 3 amide bonds. The van der Waals surface area contributed by atoms with E-state index in [1.165, 1.54) is 16.0 Å². The van der Waals surface area contributed by atoms with E-state index in [4.69, 9.17) is 4.74 Å². The van der Waals surface area contributed by atoms with E-state index in [0.717, 1.165) is 23.3 Å². The van der Waals surface area contributed by atoms with E-state index in [0.29, 0.717) is 25.9 Å². The van der Waals surface area contributed by atoms with Crippen molar-refractivity contribution in [3.63, 3.8) is 0 Å². The number of hydrogen-bond donors (Lipinski definition) is 2. The third-order valence-electron chi connectivity index (χ3n) is 10.9. The predicted molar refractivity (Wildman–Crippen MR) is 166 cm³/mol. The molecule has 0 radical (unpaired) electrons. The third-order valence-corrected chi connectivity index (χ3v) is 10.9. The van der Waals surface area contributed by atoms with Gasteiger partial charge in [0.2, 0.25) is 17.5 Å². The van der Waals surface area contributed by atoms with Crippen LogP contribution in [0.2, 0.25) is 0 Å². The first kappa shape index (κ1) is 28.6. The van der Waals surface area contributed by atoms with Crippen LogP contribution in [0.3, 0.4) is 0 Å². The largest absolute Gasteiger partial charge is 0.347 e. The van der Waals surface area contributed by atoms with Gasteiger partial charge in [-0.2, -0.15) is 0 Å². The number of aliphatic hydroxyl groups is 1. The van der Waals surface area contributed by atoms with Crippen LogP contribution in [-0.2, 0) is 25.5 Å². The fraction of sp³-hybridized carbons (Fsp3) is 0.486. The number of piperazine rings is 1. The van der Waals surface area contributed by atoms with Crippen molar-refractivity contribution in [1.29, 1.82) is 0 Å². The Bertz CT molecular complexity index is 1640. The second-order valence-electron chi connectivity index (χ2n) is 13.8. The van der Waals surface area contributed by atoms with Gasteiger partial charge in [0.25, 0.3) is 11.8 Å². The minimum Gasteiger partial charge on any atom is -0.347 e. The van der Waals surface area contributed by atoms with Crippen LogP contribution in [0.4, 0.5) is 0 Å². The summed E-state index contributed by atoms with van der Waals surface area (Å²) in [7, 11) is 2.03. The summed E-state index contributed by atoms with van der Waals surface area (Å²) in [4.78, 5) is 52.5. The Morgan fingerprint density at radius 3 is 2.78 bits per heavy atom. The summed E-state index contributed by atoms with van der Waals surface area (Å²) in [6.45, 7) is 4.56. The van der Waals surface area contributed by atoms with Crippen molar-refractivity contribution in [2.75, 3.05) is 20.1 Å². The van der Waals surface area contributed by atoms with Crippen LogP contribution in [-0.4, -0.2) is 93.1 Å². The quantitative estimate of drug-likeness (QED) is 0.530. The molecule has 0 aromatic heterocycles. The number of carbonyl (C=O) groups excluding carboxylic acids is 3. The van der Waals surface area contributed by atoms with E-state index < -0.39 is 41.5 Å². The molecule has 8 rings (SSSR count). The lowest BCUT2D eigenvalue weighted by molar-refractivity contribution is -0.321. The van der Waals surface area contributed by atoms with E-state index in [2.05, 4.69) is 21.3 Å². The molecule has 234 valence electrons. The van der Waals surface area contributed by atoms with Gasteiger partial charge in [-0.05, 0) is 54.7 Å². The maximum absolute atomic E-state index is 14.6. The van der Waals surface area contributed by atoms with Gasteiger partial charge in [-0.1, -0.05) is 62.4 Å². The normalized spacial score (nSPS) is 36.6. The summed E-state index contributed by atoms with van der Waals surface area (Å²) >= 11 is 0. The van der Waals surface area contributed by atoms with Crippen molar-refractivity contribution in [2.45, 2.75) is 69.3 Å². The van der Waals surface area contributed by atoms with Gasteiger partial charge >= 0.3 is 0 Å². The molecule has 1 unspecified atom stereocenters. The average Bonchev–Trinajstić information content (AvgIpc) is 3.74. The van der Waals surface area contributed by atoms with Crippen molar-refractivity contribution < 1.29 is 24.2 Å². The van der Waals surface area contributed by atoms with Crippen molar-refractivity contribution in [3.8, 4) is 0 Å². The SMILES string of the molecule is CC(C)[C@@]1(NC(=O)[C@@H]2C=C3C4=CC=CC5=NC=C(C[C@H]3N(C)C2)C45)O[C@@]2(O)[C@@H]3CCCN3C(=O)[C@H](Cc3ccccc3)N2C1=O. The molecule has 1 saturated carbocycles. The van der Waals surface area contributed by atoms with Gasteiger partial charge in [0, 0.05) is 43.6 Å². The summed E-state index contributed by atoms with van der Waals surface area (Å²) in [6, 6.07) is 7.95. The smallest absolute Gasteiger partial charge is 0.281 e. The van der Waals surface area contributed by atoms with E-state index in [-0.39, 0.29) is 30.2 Å². The van der Waals surface area contributed by atoms with Crippen LogP contribution >= 0.6 is 0 Å². The number of nitrogens with one attached hydrogen (secondary N) is 1. The molecule has 0 spiro atoms. The molecule has 5 aliphatic heterocycles. The monoisotopic (exact) mass is 609 g/mol. The first-order chi connectivity index (χ1) is 21.6. The number of rotatable bonds is 5. The Labute approximate surface area is 262 Å². The Balaban J connectivity index is 1.13. The van der Waals surface area contributed by atoms with Crippen LogP contribution in [0.1, 0.15) is 38.7 Å². The van der Waals surface area contributed by atoms with Gasteiger partial charge in [0.1, 0.15) is 12.1 Å². The minimum atomic E-state index is -2.06. The maximum Gasteiger partial charge on any atom is 0.281 e. The van der Waals surface area contributed by atoms with Gasteiger partial charge < -0.3 is 15.3 Å². The molecule has 2 aliphatic carbocycles. The molecule has 1 aromatic rings. The van der Waals surface area contributed by atoms with Gasteiger partial charge in [-0.15, -0.1) is 0 Å². The zero-order valence-corrected chi connectivity index (χ0v) is 25.8. The third kappa shape index (κ3) is 4.05. The van der Waals surface area contributed by atoms with Crippen molar-refractivity contribution in [1.82, 2.24) is 20.0 Å². The molecule has 1 aromatic carbocycles. The fourth-order valence-corrected chi connectivity index (χ4v) is 8.62. The maximum atomic E-state index is 14.6. The zero-order chi connectivity index (χ0) is 31.2. The number of hydrogen-bond acceptors (Lipinski definition) is 7. The highest BCUT2D eigenvalue weighted by Gasteiger charge is 2.72. The number of allylic oxidation sites excluding steroid dienone is 3. The predicted octanol–water partition coefficient (Wildman–Crippen LogP) is 2.29. The summed E-state index contributed by atoms with van der Waals surface area (Å²) in [6.07, 6.45) is 12.5. The Kier molecular flexibility index (Phi) is 6.40. The van der Waals surface area contributed by atoms with Crippen LogP contribution in [0.15, 0.2) is 82.5 Å². The molecule has 2 N–H and O–H groups in total. The molecule has 5 heterocycles. The number of ether oxygens (including phenoxy) is 1. The molecule has 10 heteroatoms. The standard InChI is InChI=1S/C35H39N5O5/c1-20(2)34(37-31(41)23-16-25-24-11-7-12-26-30(24)22(18-36-26)17-27(25)38(3)19-23)33(43)40-28(15-21-9-5-4-6-10-21)32(42)39-14-8-13-29(39)35(40,44)45-34/h4-7,9-12,16,18,20,23,27-30,44H,8,13-15,17,19H2,1-3H3,(H,37,41)/t23-,27-,28+,29+,30?,34-,35+/m1/s1. The van der Waals surface area contributed by atoms with Gasteiger partial charge in [-0.3, -0.25) is 33.9 Å². The van der Waals surface area contributed by atoms with Crippen LogP contribution in [0, 0.1) is 17.8 Å². The van der Waals surface area contributed by atoms with E-state index in [1.54, 1.807) is 18.7 Å². The van der Waals surface area contributed by atoms with Crippen molar-refractivity contribution in [2.24, 2.45) is 22.7 Å². The number of carbonyl (C=O) groups is 3. The van der Waals surface area contributed by atoms with Gasteiger partial charge in [0.05, 0.1) is 11.6 Å². The van der Waals surface area contributed by atoms with Crippen molar-refractivity contribution >= 4 is 23.4 Å². The lowest BCUT2D eigenvalue weighted by atomic mass is 9.69. The number of nitrogens with zero attached hydrogens (tertiary/aromatic N) is 4. The lowest BCUT2D eigenvalue weighted by Gasteiger charge is -2.48. The highest BCUT2D eigenvalue weighted by molar-refractivity contribution is 6.05. The summed E-state index contributed by atoms with van der Waals surface area (Å²) in [5.74, 6) is -4.14. The van der Waals surface area contributed by atoms with Crippen LogP contribution < -0.4 is 5.32 Å². The van der Waals surface area contributed by atoms with Crippen LogP contribution in [0.25, 0.3) is 0 Å². The minimum absolute atomic E-state index is 0.132. The Morgan fingerprint density at radius 1 is 1.20 bits per heavy atom. The highest BCUT2D eigenvalue weighted by Crippen LogP contribution is 2.49. The van der Waals surface area contributed by atoms with Gasteiger partial charge in [-0.25, -0.2) is 0 Å². The fourth-order valence-electron chi connectivity index (χ4n) is 8.62. The lowest BCUT2D eigenvalue weighted by Crippen LogP contribution is -2.71. The number of benzene rings is 1. The molecular weight excluding hydrogens is 570 g/mol. The second-order valence-corrected chi connectivity index (χ2v) is 13.8. The molecule has 0 bridgehead atoms. The first-order valence-electron chi connectivity index (χ1n) is 16.1. The summed E-state index contributed by atoms with van der Waals surface area (Å²) < 4.78 is 6.49. The Hall–Kier alpha value is -3.86. The molecular formula is C35H39N5O5. The molecule has 45 heavy (non-hydrogen) atoms. The number of fused-ring (bicyclic) bond motifs is 5. The number of likely N-dealkylation sites (N-methyl/N-ethyl adjacent to an activating group) is 1. The molecule has 3 saturated heterocycles. The van der Waals surface area contributed by atoms with Gasteiger partial charge in [0.15, 0.2) is 0 Å². The number of aliphatic imine (C=N–C) groups is 1. The first-order valence-corrected chi connectivity index (χ1v) is 16.1. The molecule has 4 fully saturated rings. The zero-order valence-electron chi connectivity index (χ0n) is 25.8. The average molecular weight is 610 g/mol. The number of amides is 3. The van der Waals surface area contributed by atoms with Crippen molar-refractivity contribution in [3.05, 3.63) is 83.1 Å². The molecule has 10 nitrogen and oxygen atoms in total. The topological polar surface area (TPSA) is 115 Å². The summed E-state index contributed by atoms with van der Waals surface area (Å²) in [5, 5.41) is 15.3. The van der Waals surface area contributed by atoms with E-state index in [9.17, 15) is 19.5 Å². The van der Waals surface area contributed by atoms with E-state index in [1.807, 2.05) is 61.8 Å². The molecule has 7 atom stereocenters. The second kappa shape index (κ2) is 10.1. The highest BCUT2D eigenvalue weighted by atomic mass is 16.7. The Morgan fingerprint density at radius 2 is 2.00 bits per heavy atom. The van der Waals surface area contributed by atoms with Crippen LogP contribution in [0.5, 0.6) is 0 Å². The van der Waals surface area contributed by atoms with E-state index >= 15 is 0 Å².